The van der Waals surface area contributed by atoms with Crippen molar-refractivity contribution in [1.82, 2.24) is 0 Å². The highest BCUT2D eigenvalue weighted by atomic mass is 15.2. The lowest BCUT2D eigenvalue weighted by molar-refractivity contribution is 0.275. The summed E-state index contributed by atoms with van der Waals surface area (Å²) in [6.45, 7) is 17.1. The molecule has 0 saturated heterocycles. The van der Waals surface area contributed by atoms with Crippen LogP contribution < -0.4 is 9.80 Å². The lowest BCUT2D eigenvalue weighted by Crippen LogP contribution is -2.45. The third kappa shape index (κ3) is 9.19. The van der Waals surface area contributed by atoms with Crippen LogP contribution in [0.4, 0.5) is 11.4 Å². The second-order valence-corrected chi connectivity index (χ2v) is 14.6. The molecule has 5 rings (SSSR count). The molecule has 3 nitrogen and oxygen atoms in total. The maximum Gasteiger partial charge on any atom is 0.0766 e. The van der Waals surface area contributed by atoms with E-state index in [0.29, 0.717) is 17.9 Å². The SMILES string of the molecule is C=C/C(=C\C=C\C1C=CC(N(C(/C=C\Cc2ccccc2)=C/CC)c2ccc(C)cc2C)=CC1)N(c1ccc(C(C)(C)C#N)cc1)[C@H]1CCC1C. The summed E-state index contributed by atoms with van der Waals surface area (Å²) in [5.41, 5.74) is 10.2. The Balaban J connectivity index is 1.37. The van der Waals surface area contributed by atoms with Crippen LogP contribution >= 0.6 is 0 Å². The van der Waals surface area contributed by atoms with Crippen LogP contribution in [0, 0.1) is 37.0 Å². The van der Waals surface area contributed by atoms with Gasteiger partial charge in [0.2, 0.25) is 0 Å². The smallest absolute Gasteiger partial charge is 0.0766 e. The Bertz CT molecular complexity index is 1870. The Morgan fingerprint density at radius 1 is 1.00 bits per heavy atom. The summed E-state index contributed by atoms with van der Waals surface area (Å²) in [5.74, 6) is 0.908. The molecule has 2 aliphatic carbocycles. The van der Waals surface area contributed by atoms with Gasteiger partial charge in [-0.05, 0) is 131 Å². The van der Waals surface area contributed by atoms with Crippen LogP contribution in [-0.4, -0.2) is 6.04 Å². The van der Waals surface area contributed by atoms with Crippen molar-refractivity contribution in [3.05, 3.63) is 179 Å². The van der Waals surface area contributed by atoms with E-state index in [9.17, 15) is 5.26 Å². The predicted molar refractivity (Wildman–Crippen MR) is 219 cm³/mol. The van der Waals surface area contributed by atoms with E-state index in [1.807, 2.05) is 19.9 Å². The summed E-state index contributed by atoms with van der Waals surface area (Å²) in [6.07, 6.45) is 27.8. The fourth-order valence-electron chi connectivity index (χ4n) is 7.00. The van der Waals surface area contributed by atoms with Crippen molar-refractivity contribution >= 4 is 11.4 Å². The van der Waals surface area contributed by atoms with Gasteiger partial charge in [-0.3, -0.25) is 0 Å². The molecule has 1 fully saturated rings. The van der Waals surface area contributed by atoms with Gasteiger partial charge >= 0.3 is 0 Å². The lowest BCUT2D eigenvalue weighted by Gasteiger charge is -2.44. The number of anilines is 2. The van der Waals surface area contributed by atoms with Gasteiger partial charge in [-0.15, -0.1) is 0 Å². The van der Waals surface area contributed by atoms with Crippen molar-refractivity contribution in [3.63, 3.8) is 0 Å². The average molecular weight is 674 g/mol. The van der Waals surface area contributed by atoms with Crippen LogP contribution in [0.5, 0.6) is 0 Å². The Morgan fingerprint density at radius 3 is 2.35 bits per heavy atom. The van der Waals surface area contributed by atoms with Gasteiger partial charge in [-0.2, -0.15) is 5.26 Å². The normalized spacial score (nSPS) is 19.5. The summed E-state index contributed by atoms with van der Waals surface area (Å²) in [7, 11) is 0. The first-order valence-corrected chi connectivity index (χ1v) is 18.6. The zero-order chi connectivity index (χ0) is 36.4. The standard InChI is InChI=1S/C48H55N3/c1-8-15-43(21-14-18-39-16-11-10-12-17-39)51(47-32-22-36(3)34-38(47)5)44-28-24-40(25-29-44)19-13-20-42(9-2)50(46-33-23-37(46)4)45-30-26-41(27-31-45)48(6,7)35-49/h9-17,19-22,24,26-32,34,37,40,46H,2,8,18,23,25,33H2,1,3-7H3/b19-13+,21-14-,42-20+,43-15+/t37?,40?,46-/m0/s1. The third-order valence-corrected chi connectivity index (χ3v) is 10.3. The van der Waals surface area contributed by atoms with E-state index in [0.717, 1.165) is 42.6 Å². The quantitative estimate of drug-likeness (QED) is 0.160. The van der Waals surface area contributed by atoms with E-state index in [4.69, 9.17) is 0 Å². The van der Waals surface area contributed by atoms with E-state index >= 15 is 0 Å². The Morgan fingerprint density at radius 2 is 1.76 bits per heavy atom. The number of allylic oxidation sites excluding steroid dienone is 10. The summed E-state index contributed by atoms with van der Waals surface area (Å²) in [4.78, 5) is 4.87. The maximum absolute atomic E-state index is 9.65. The molecule has 0 aliphatic heterocycles. The molecule has 3 aromatic rings. The molecule has 0 N–H and O–H groups in total. The molecule has 2 unspecified atom stereocenters. The minimum Gasteiger partial charge on any atom is -0.338 e. The van der Waals surface area contributed by atoms with E-state index < -0.39 is 5.41 Å². The van der Waals surface area contributed by atoms with Crippen LogP contribution in [0.15, 0.2) is 157 Å². The molecule has 0 aromatic heterocycles. The highest BCUT2D eigenvalue weighted by Gasteiger charge is 2.34. The van der Waals surface area contributed by atoms with E-state index in [1.165, 1.54) is 40.2 Å². The monoisotopic (exact) mass is 673 g/mol. The summed E-state index contributed by atoms with van der Waals surface area (Å²) in [6, 6.07) is 28.8. The number of benzene rings is 3. The third-order valence-electron chi connectivity index (χ3n) is 10.3. The molecule has 0 radical (unpaired) electrons. The average Bonchev–Trinajstić information content (AvgIpc) is 3.14. The molecular weight excluding hydrogens is 619 g/mol. The zero-order valence-corrected chi connectivity index (χ0v) is 31.5. The Hall–Kier alpha value is -5.07. The highest BCUT2D eigenvalue weighted by molar-refractivity contribution is 5.67. The molecule has 3 atom stereocenters. The molecular formula is C48H55N3. The van der Waals surface area contributed by atoms with Crippen LogP contribution in [0.2, 0.25) is 0 Å². The first kappa shape index (κ1) is 37.2. The molecule has 0 spiro atoms. The van der Waals surface area contributed by atoms with Crippen molar-refractivity contribution < 1.29 is 0 Å². The van der Waals surface area contributed by atoms with Gasteiger partial charge in [0, 0.05) is 34.5 Å². The zero-order valence-electron chi connectivity index (χ0n) is 31.5. The number of rotatable bonds is 14. The minimum atomic E-state index is -0.516. The van der Waals surface area contributed by atoms with Crippen LogP contribution in [0.3, 0.4) is 0 Å². The van der Waals surface area contributed by atoms with Gasteiger partial charge in [0.05, 0.1) is 11.5 Å². The Labute approximate surface area is 308 Å². The van der Waals surface area contributed by atoms with E-state index in [1.54, 1.807) is 0 Å². The number of hydrogen-bond donors (Lipinski definition) is 0. The van der Waals surface area contributed by atoms with Crippen molar-refractivity contribution in [1.29, 1.82) is 5.26 Å². The highest BCUT2D eigenvalue weighted by Crippen LogP contribution is 2.38. The van der Waals surface area contributed by atoms with Crippen molar-refractivity contribution in [2.75, 3.05) is 9.80 Å². The maximum atomic E-state index is 9.65. The molecule has 3 aromatic carbocycles. The number of nitrogens with zero attached hydrogens (tertiary/aromatic N) is 3. The van der Waals surface area contributed by atoms with Gasteiger partial charge in [0.1, 0.15) is 0 Å². The van der Waals surface area contributed by atoms with Gasteiger partial charge in [-0.1, -0.05) is 117 Å². The minimum absolute atomic E-state index is 0.299. The molecule has 3 heteroatoms. The second kappa shape index (κ2) is 17.2. The van der Waals surface area contributed by atoms with Crippen LogP contribution in [0.1, 0.15) is 75.6 Å². The molecule has 0 heterocycles. The van der Waals surface area contributed by atoms with Crippen molar-refractivity contribution in [2.24, 2.45) is 11.8 Å². The Kier molecular flexibility index (Phi) is 12.6. The predicted octanol–water partition coefficient (Wildman–Crippen LogP) is 12.4. The van der Waals surface area contributed by atoms with Crippen LogP contribution in [-0.2, 0) is 11.8 Å². The summed E-state index contributed by atoms with van der Waals surface area (Å²) in [5, 5.41) is 9.65. The van der Waals surface area contributed by atoms with Crippen LogP contribution in [0.25, 0.3) is 0 Å². The van der Waals surface area contributed by atoms with Gasteiger partial charge in [-0.25, -0.2) is 0 Å². The molecule has 51 heavy (non-hydrogen) atoms. The van der Waals surface area contributed by atoms with Gasteiger partial charge < -0.3 is 9.80 Å². The van der Waals surface area contributed by atoms with E-state index in [-0.39, 0.29) is 0 Å². The van der Waals surface area contributed by atoms with Gasteiger partial charge in [0.25, 0.3) is 0 Å². The fourth-order valence-corrected chi connectivity index (χ4v) is 7.00. The van der Waals surface area contributed by atoms with E-state index in [2.05, 4.69) is 178 Å². The molecule has 0 amide bonds. The molecule has 1 saturated carbocycles. The first-order valence-electron chi connectivity index (χ1n) is 18.6. The molecule has 262 valence electrons. The number of hydrogen-bond acceptors (Lipinski definition) is 3. The lowest BCUT2D eigenvalue weighted by atomic mass is 9.79. The fraction of sp³-hybridized carbons (Fsp3) is 0.312. The molecule has 0 bridgehead atoms. The number of aryl methyl sites for hydroxylation is 2. The molecule has 2 aliphatic rings. The first-order chi connectivity index (χ1) is 24.6. The summed E-state index contributed by atoms with van der Waals surface area (Å²) >= 11 is 0. The van der Waals surface area contributed by atoms with Crippen molar-refractivity contribution in [3.8, 4) is 6.07 Å². The largest absolute Gasteiger partial charge is 0.338 e. The van der Waals surface area contributed by atoms with Crippen molar-refractivity contribution in [2.45, 2.75) is 85.1 Å². The topological polar surface area (TPSA) is 30.3 Å². The second-order valence-electron chi connectivity index (χ2n) is 14.6. The summed E-state index contributed by atoms with van der Waals surface area (Å²) < 4.78 is 0. The van der Waals surface area contributed by atoms with Gasteiger partial charge in [0.15, 0.2) is 0 Å². The number of nitriles is 1.